The first-order chi connectivity index (χ1) is 9.24. The fourth-order valence-electron chi connectivity index (χ4n) is 1.58. The molecule has 0 amide bonds. The molecular formula is C15H20O3S. The average molecular weight is 280 g/mol. The minimum absolute atomic E-state index is 0.132. The van der Waals surface area contributed by atoms with Gasteiger partial charge in [-0.05, 0) is 25.5 Å². The number of thioether (sulfide) groups is 1. The van der Waals surface area contributed by atoms with Gasteiger partial charge in [-0.2, -0.15) is 11.8 Å². The van der Waals surface area contributed by atoms with E-state index in [1.54, 1.807) is 11.8 Å². The molecule has 0 saturated heterocycles. The van der Waals surface area contributed by atoms with Crippen LogP contribution in [-0.2, 0) is 9.53 Å². The predicted octanol–water partition coefficient (Wildman–Crippen LogP) is 3.34. The Labute approximate surface area is 118 Å². The summed E-state index contributed by atoms with van der Waals surface area (Å²) >= 11 is 1.62. The van der Waals surface area contributed by atoms with Crippen LogP contribution in [0.2, 0.25) is 0 Å². The highest BCUT2D eigenvalue weighted by molar-refractivity contribution is 7.99. The van der Waals surface area contributed by atoms with Crippen LogP contribution >= 0.6 is 11.8 Å². The zero-order valence-corrected chi connectivity index (χ0v) is 12.1. The number of benzene rings is 1. The van der Waals surface area contributed by atoms with E-state index in [2.05, 4.69) is 0 Å². The van der Waals surface area contributed by atoms with Crippen LogP contribution in [0.5, 0.6) is 0 Å². The van der Waals surface area contributed by atoms with Crippen molar-refractivity contribution in [2.75, 3.05) is 18.1 Å². The number of carbonyl (C=O) groups is 2. The highest BCUT2D eigenvalue weighted by Crippen LogP contribution is 2.10. The van der Waals surface area contributed by atoms with Gasteiger partial charge in [0.2, 0.25) is 0 Å². The lowest BCUT2D eigenvalue weighted by molar-refractivity contribution is -0.143. The second kappa shape index (κ2) is 9.62. The molecule has 1 aromatic rings. The molecule has 0 fully saturated rings. The van der Waals surface area contributed by atoms with Crippen LogP contribution in [0, 0.1) is 0 Å². The van der Waals surface area contributed by atoms with Gasteiger partial charge in [-0.15, -0.1) is 0 Å². The van der Waals surface area contributed by atoms with Gasteiger partial charge in [0.15, 0.2) is 5.78 Å². The van der Waals surface area contributed by atoms with Gasteiger partial charge in [0.05, 0.1) is 12.4 Å². The van der Waals surface area contributed by atoms with Crippen LogP contribution in [0.25, 0.3) is 0 Å². The summed E-state index contributed by atoms with van der Waals surface area (Å²) in [6.45, 7) is 2.25. The van der Waals surface area contributed by atoms with E-state index in [1.807, 2.05) is 37.3 Å². The second-order valence-electron chi connectivity index (χ2n) is 4.10. The number of carbonyl (C=O) groups excluding carboxylic acids is 2. The lowest BCUT2D eigenvalue weighted by atomic mass is 10.2. The molecule has 0 aromatic heterocycles. The number of hydrogen-bond donors (Lipinski definition) is 0. The van der Waals surface area contributed by atoms with E-state index in [-0.39, 0.29) is 11.8 Å². The number of Topliss-reactive ketones (excluding diaryl/α,β-unsaturated/α-hetero) is 1. The Balaban J connectivity index is 2.05. The van der Waals surface area contributed by atoms with E-state index in [0.29, 0.717) is 18.8 Å². The van der Waals surface area contributed by atoms with E-state index < -0.39 is 0 Å². The maximum absolute atomic E-state index is 11.8. The number of ether oxygens (including phenoxy) is 1. The third-order valence-corrected chi connectivity index (χ3v) is 3.60. The van der Waals surface area contributed by atoms with Crippen molar-refractivity contribution in [1.82, 2.24) is 0 Å². The Morgan fingerprint density at radius 2 is 1.89 bits per heavy atom. The summed E-state index contributed by atoms with van der Waals surface area (Å²) in [4.78, 5) is 22.9. The number of hydrogen-bond acceptors (Lipinski definition) is 4. The third kappa shape index (κ3) is 7.01. The van der Waals surface area contributed by atoms with Crippen LogP contribution < -0.4 is 0 Å². The maximum Gasteiger partial charge on any atom is 0.305 e. The minimum atomic E-state index is -0.132. The van der Waals surface area contributed by atoms with E-state index in [1.165, 1.54) is 0 Å². The Kier molecular flexibility index (Phi) is 7.98. The summed E-state index contributed by atoms with van der Waals surface area (Å²) in [5.41, 5.74) is 0.765. The van der Waals surface area contributed by atoms with Crippen LogP contribution in [0.3, 0.4) is 0 Å². The predicted molar refractivity (Wildman–Crippen MR) is 78.6 cm³/mol. The lowest BCUT2D eigenvalue weighted by Gasteiger charge is -2.02. The maximum atomic E-state index is 11.8. The van der Waals surface area contributed by atoms with Gasteiger partial charge < -0.3 is 4.74 Å². The number of rotatable bonds is 9. The van der Waals surface area contributed by atoms with Gasteiger partial charge in [0.25, 0.3) is 0 Å². The zero-order chi connectivity index (χ0) is 13.9. The standard InChI is InChI=1S/C15H20O3S/c1-2-18-15(17)10-6-7-11-19-12-14(16)13-8-4-3-5-9-13/h3-5,8-9H,2,6-7,10-12H2,1H3. The van der Waals surface area contributed by atoms with E-state index in [0.717, 1.165) is 24.2 Å². The molecule has 4 heteroatoms. The van der Waals surface area contributed by atoms with Gasteiger partial charge in [-0.1, -0.05) is 30.3 Å². The molecule has 0 aliphatic rings. The molecule has 0 N–H and O–H groups in total. The monoisotopic (exact) mass is 280 g/mol. The zero-order valence-electron chi connectivity index (χ0n) is 11.3. The topological polar surface area (TPSA) is 43.4 Å². The molecule has 3 nitrogen and oxygen atoms in total. The summed E-state index contributed by atoms with van der Waals surface area (Å²) < 4.78 is 4.84. The van der Waals surface area contributed by atoms with E-state index in [4.69, 9.17) is 4.74 Å². The molecule has 0 saturated carbocycles. The molecule has 1 rings (SSSR count). The Morgan fingerprint density at radius 1 is 1.16 bits per heavy atom. The minimum Gasteiger partial charge on any atom is -0.466 e. The van der Waals surface area contributed by atoms with Crippen LogP contribution in [0.1, 0.15) is 36.5 Å². The van der Waals surface area contributed by atoms with Gasteiger partial charge >= 0.3 is 5.97 Å². The Morgan fingerprint density at radius 3 is 2.58 bits per heavy atom. The average Bonchev–Trinajstić information content (AvgIpc) is 2.43. The Bertz CT molecular complexity index is 390. The van der Waals surface area contributed by atoms with Crippen molar-refractivity contribution < 1.29 is 14.3 Å². The van der Waals surface area contributed by atoms with Crippen molar-refractivity contribution in [2.45, 2.75) is 26.2 Å². The molecule has 1 aromatic carbocycles. The summed E-state index contributed by atoms with van der Waals surface area (Å²) in [5, 5.41) is 0. The van der Waals surface area contributed by atoms with Gasteiger partial charge in [0.1, 0.15) is 0 Å². The first-order valence-corrected chi connectivity index (χ1v) is 7.71. The SMILES string of the molecule is CCOC(=O)CCCCSCC(=O)c1ccccc1. The number of unbranched alkanes of at least 4 members (excludes halogenated alkanes) is 1. The molecule has 0 spiro atoms. The van der Waals surface area contributed by atoms with E-state index >= 15 is 0 Å². The molecule has 0 aliphatic heterocycles. The van der Waals surface area contributed by atoms with Crippen LogP contribution in [0.4, 0.5) is 0 Å². The summed E-state index contributed by atoms with van der Waals surface area (Å²) in [6.07, 6.45) is 2.23. The normalized spacial score (nSPS) is 10.2. The summed E-state index contributed by atoms with van der Waals surface area (Å²) in [7, 11) is 0. The molecule has 0 unspecified atom stereocenters. The number of ketones is 1. The Hall–Kier alpha value is -1.29. The smallest absolute Gasteiger partial charge is 0.305 e. The van der Waals surface area contributed by atoms with Crippen molar-refractivity contribution in [2.24, 2.45) is 0 Å². The fraction of sp³-hybridized carbons (Fsp3) is 0.467. The molecular weight excluding hydrogens is 260 g/mol. The first kappa shape index (κ1) is 15.8. The molecule has 104 valence electrons. The second-order valence-corrected chi connectivity index (χ2v) is 5.21. The molecule has 0 radical (unpaired) electrons. The van der Waals surface area contributed by atoms with Gasteiger partial charge in [-0.3, -0.25) is 9.59 Å². The van der Waals surface area contributed by atoms with Crippen molar-refractivity contribution in [1.29, 1.82) is 0 Å². The molecule has 0 atom stereocenters. The summed E-state index contributed by atoms with van der Waals surface area (Å²) in [5.74, 6) is 1.44. The molecule has 0 heterocycles. The molecule has 0 aliphatic carbocycles. The largest absolute Gasteiger partial charge is 0.466 e. The highest BCUT2D eigenvalue weighted by Gasteiger charge is 2.05. The quantitative estimate of drug-likeness (QED) is 0.395. The van der Waals surface area contributed by atoms with E-state index in [9.17, 15) is 9.59 Å². The van der Waals surface area contributed by atoms with Crippen molar-refractivity contribution in [3.05, 3.63) is 35.9 Å². The van der Waals surface area contributed by atoms with Crippen LogP contribution in [0.15, 0.2) is 30.3 Å². The lowest BCUT2D eigenvalue weighted by Crippen LogP contribution is -2.04. The van der Waals surface area contributed by atoms with Crippen molar-refractivity contribution >= 4 is 23.5 Å². The third-order valence-electron chi connectivity index (χ3n) is 2.55. The van der Waals surface area contributed by atoms with Crippen molar-refractivity contribution in [3.8, 4) is 0 Å². The fourth-order valence-corrected chi connectivity index (χ4v) is 2.48. The van der Waals surface area contributed by atoms with Gasteiger partial charge in [0, 0.05) is 12.0 Å². The molecule has 19 heavy (non-hydrogen) atoms. The molecule has 0 bridgehead atoms. The first-order valence-electron chi connectivity index (χ1n) is 6.55. The summed E-state index contributed by atoms with van der Waals surface area (Å²) in [6, 6.07) is 9.32. The highest BCUT2D eigenvalue weighted by atomic mass is 32.2. The van der Waals surface area contributed by atoms with Gasteiger partial charge in [-0.25, -0.2) is 0 Å². The number of esters is 1. The van der Waals surface area contributed by atoms with Crippen LogP contribution in [-0.4, -0.2) is 29.9 Å². The van der Waals surface area contributed by atoms with Crippen molar-refractivity contribution in [3.63, 3.8) is 0 Å².